The Bertz CT molecular complexity index is 1420. The molecule has 11 heteroatoms. The minimum absolute atomic E-state index is 0.0805. The fourth-order valence-electron chi connectivity index (χ4n) is 4.80. The molecule has 2 saturated heterocycles. The molecule has 200 valence electrons. The Morgan fingerprint density at radius 3 is 2.61 bits per heavy atom. The highest BCUT2D eigenvalue weighted by molar-refractivity contribution is 7.93. The van der Waals surface area contributed by atoms with Gasteiger partial charge in [0.1, 0.15) is 11.0 Å². The first kappa shape index (κ1) is 25.9. The van der Waals surface area contributed by atoms with Crippen molar-refractivity contribution in [3.8, 4) is 0 Å². The summed E-state index contributed by atoms with van der Waals surface area (Å²) in [5, 5.41) is 0.724. The monoisotopic (exact) mass is 538 g/mol. The van der Waals surface area contributed by atoms with Crippen molar-refractivity contribution in [1.29, 1.82) is 0 Å². The fourth-order valence-corrected chi connectivity index (χ4v) is 6.04. The number of nitrogens with one attached hydrogen (secondary N) is 1. The normalized spacial score (nSPS) is 20.2. The lowest BCUT2D eigenvalue weighted by Crippen LogP contribution is -2.56. The summed E-state index contributed by atoms with van der Waals surface area (Å²) in [5.41, 5.74) is 1.15. The van der Waals surface area contributed by atoms with E-state index in [-0.39, 0.29) is 29.0 Å². The summed E-state index contributed by atoms with van der Waals surface area (Å²) < 4.78 is 39.6. The van der Waals surface area contributed by atoms with Crippen molar-refractivity contribution in [2.45, 2.75) is 36.8 Å². The first-order chi connectivity index (χ1) is 18.3. The van der Waals surface area contributed by atoms with Gasteiger partial charge in [0.2, 0.25) is 0 Å². The molecule has 2 aliphatic heterocycles. The molecule has 5 rings (SSSR count). The lowest BCUT2D eigenvalue weighted by atomic mass is 10.1. The topological polar surface area (TPSA) is 118 Å². The van der Waals surface area contributed by atoms with E-state index in [1.807, 2.05) is 6.92 Å². The number of rotatable bonds is 5. The third kappa shape index (κ3) is 5.58. The number of piperazine rings is 1. The number of aromatic nitrogens is 1. The van der Waals surface area contributed by atoms with Crippen LogP contribution in [0, 0.1) is 0 Å². The second-order valence-corrected chi connectivity index (χ2v) is 11.2. The molecule has 2 unspecified atom stereocenters. The smallest absolute Gasteiger partial charge is 0.410 e. The van der Waals surface area contributed by atoms with E-state index < -0.39 is 10.0 Å². The van der Waals surface area contributed by atoms with Crippen LogP contribution in [0.25, 0.3) is 10.9 Å². The van der Waals surface area contributed by atoms with Gasteiger partial charge < -0.3 is 19.3 Å². The van der Waals surface area contributed by atoms with Crippen LogP contribution in [-0.2, 0) is 19.5 Å². The molecule has 0 aliphatic carbocycles. The van der Waals surface area contributed by atoms with Gasteiger partial charge in [-0.3, -0.25) is 14.5 Å². The maximum absolute atomic E-state index is 13.2. The van der Waals surface area contributed by atoms with Gasteiger partial charge in [0.25, 0.3) is 15.9 Å². The molecule has 1 aromatic heterocycles. The van der Waals surface area contributed by atoms with E-state index in [1.54, 1.807) is 64.5 Å². The molecular formula is C27H30N4O6S. The van der Waals surface area contributed by atoms with Gasteiger partial charge >= 0.3 is 6.09 Å². The van der Waals surface area contributed by atoms with Crippen LogP contribution < -0.4 is 4.72 Å². The molecule has 1 N–H and O–H groups in total. The first-order valence-electron chi connectivity index (χ1n) is 12.6. The number of hydrogen-bond acceptors (Lipinski definition) is 7. The average molecular weight is 539 g/mol. The highest BCUT2D eigenvalue weighted by Gasteiger charge is 2.32. The van der Waals surface area contributed by atoms with E-state index >= 15 is 0 Å². The lowest BCUT2D eigenvalue weighted by Gasteiger charge is -2.40. The van der Waals surface area contributed by atoms with E-state index in [0.29, 0.717) is 49.6 Å². The Balaban J connectivity index is 1.21. The molecule has 3 heterocycles. The molecule has 2 aliphatic rings. The second kappa shape index (κ2) is 11.0. The summed E-state index contributed by atoms with van der Waals surface area (Å²) in [6.45, 7) is 4.13. The van der Waals surface area contributed by atoms with Crippen LogP contribution in [0.5, 0.6) is 0 Å². The molecule has 3 aromatic rings. The van der Waals surface area contributed by atoms with Gasteiger partial charge in [-0.05, 0) is 56.2 Å². The number of benzene rings is 2. The van der Waals surface area contributed by atoms with Gasteiger partial charge in [-0.2, -0.15) is 0 Å². The van der Waals surface area contributed by atoms with E-state index in [1.165, 1.54) is 6.07 Å². The molecule has 0 radical (unpaired) electrons. The first-order valence-corrected chi connectivity index (χ1v) is 14.1. The van der Waals surface area contributed by atoms with E-state index in [0.717, 1.165) is 18.2 Å². The molecule has 2 aromatic carbocycles. The minimum Gasteiger partial charge on any atom is -0.444 e. The fraction of sp³-hybridized carbons (Fsp3) is 0.370. The van der Waals surface area contributed by atoms with Gasteiger partial charge in [-0.25, -0.2) is 13.2 Å². The van der Waals surface area contributed by atoms with Gasteiger partial charge in [0.15, 0.2) is 0 Å². The Morgan fingerprint density at radius 1 is 1.08 bits per heavy atom. The SMILES string of the molecule is CC1CN(C(=O)OC2CCCOC2)CCN1C(=O)c1ccc(NS(=O)(=O)c2cccc3cccnc23)cc1. The van der Waals surface area contributed by atoms with E-state index in [2.05, 4.69) is 9.71 Å². The van der Waals surface area contributed by atoms with Crippen molar-refractivity contribution in [3.63, 3.8) is 0 Å². The molecule has 10 nitrogen and oxygen atoms in total. The van der Waals surface area contributed by atoms with Crippen molar-refractivity contribution in [2.24, 2.45) is 0 Å². The summed E-state index contributed by atoms with van der Waals surface area (Å²) >= 11 is 0. The van der Waals surface area contributed by atoms with Crippen LogP contribution in [0.15, 0.2) is 65.7 Å². The van der Waals surface area contributed by atoms with Crippen LogP contribution in [0.4, 0.5) is 10.5 Å². The average Bonchev–Trinajstić information content (AvgIpc) is 2.93. The number of hydrogen-bond donors (Lipinski definition) is 1. The number of nitrogens with zero attached hydrogens (tertiary/aromatic N) is 3. The van der Waals surface area contributed by atoms with Crippen LogP contribution in [-0.4, -0.2) is 80.2 Å². The predicted octanol–water partition coefficient (Wildman–Crippen LogP) is 3.50. The minimum atomic E-state index is -3.89. The third-order valence-corrected chi connectivity index (χ3v) is 8.21. The quantitative estimate of drug-likeness (QED) is 0.528. The number of sulfonamides is 1. The Labute approximate surface area is 221 Å². The summed E-state index contributed by atoms with van der Waals surface area (Å²) in [6, 6.07) is 14.7. The highest BCUT2D eigenvalue weighted by Crippen LogP contribution is 2.24. The van der Waals surface area contributed by atoms with Gasteiger partial charge in [-0.1, -0.05) is 18.2 Å². The zero-order valence-electron chi connectivity index (χ0n) is 21.1. The number of amides is 2. The number of fused-ring (bicyclic) bond motifs is 1. The van der Waals surface area contributed by atoms with Crippen molar-refractivity contribution >= 4 is 38.6 Å². The summed E-state index contributed by atoms with van der Waals surface area (Å²) in [4.78, 5) is 33.4. The van der Waals surface area contributed by atoms with Crippen LogP contribution in [0.2, 0.25) is 0 Å². The maximum atomic E-state index is 13.2. The van der Waals surface area contributed by atoms with Crippen LogP contribution in [0.3, 0.4) is 0 Å². The molecule has 0 spiro atoms. The van der Waals surface area contributed by atoms with Crippen molar-refractivity contribution < 1.29 is 27.5 Å². The molecule has 2 atom stereocenters. The standard InChI is InChI=1S/C27H30N4O6S/c1-19-17-30(27(33)37-23-7-4-16-36-18-23)14-15-31(19)26(32)21-9-11-22(12-10-21)29-38(34,35)24-8-2-5-20-6-3-13-28-25(20)24/h2-3,5-6,8-13,19,23,29H,4,7,14-18H2,1H3. The largest absolute Gasteiger partial charge is 0.444 e. The van der Waals surface area contributed by atoms with E-state index in [9.17, 15) is 18.0 Å². The van der Waals surface area contributed by atoms with Gasteiger partial charge in [0.05, 0.1) is 12.1 Å². The number of ether oxygens (including phenoxy) is 2. The number of pyridine rings is 1. The number of carbonyl (C=O) groups is 2. The summed E-state index contributed by atoms with van der Waals surface area (Å²) in [6.07, 6.45) is 2.62. The Kier molecular flexibility index (Phi) is 7.48. The molecule has 38 heavy (non-hydrogen) atoms. The molecule has 0 bridgehead atoms. The molecular weight excluding hydrogens is 508 g/mol. The number of anilines is 1. The van der Waals surface area contributed by atoms with Crippen molar-refractivity contribution in [3.05, 3.63) is 66.4 Å². The van der Waals surface area contributed by atoms with Crippen molar-refractivity contribution in [1.82, 2.24) is 14.8 Å². The third-order valence-electron chi connectivity index (χ3n) is 6.80. The number of carbonyl (C=O) groups excluding carboxylic acids is 2. The molecule has 2 fully saturated rings. The zero-order valence-corrected chi connectivity index (χ0v) is 21.9. The second-order valence-electron chi connectivity index (χ2n) is 9.53. The van der Waals surface area contributed by atoms with Crippen LogP contribution >= 0.6 is 0 Å². The maximum Gasteiger partial charge on any atom is 0.410 e. The predicted molar refractivity (Wildman–Crippen MR) is 141 cm³/mol. The lowest BCUT2D eigenvalue weighted by molar-refractivity contribution is -0.0324. The van der Waals surface area contributed by atoms with Crippen LogP contribution in [0.1, 0.15) is 30.1 Å². The Hall–Kier alpha value is -3.70. The van der Waals surface area contributed by atoms with Crippen molar-refractivity contribution in [2.75, 3.05) is 37.6 Å². The van der Waals surface area contributed by atoms with E-state index in [4.69, 9.17) is 9.47 Å². The van der Waals surface area contributed by atoms with Gasteiger partial charge in [-0.15, -0.1) is 0 Å². The zero-order chi connectivity index (χ0) is 26.7. The van der Waals surface area contributed by atoms with Gasteiger partial charge in [0, 0.05) is 55.1 Å². The highest BCUT2D eigenvalue weighted by atomic mass is 32.2. The molecule has 2 amide bonds. The summed E-state index contributed by atoms with van der Waals surface area (Å²) in [7, 11) is -3.89. The summed E-state index contributed by atoms with van der Waals surface area (Å²) in [5.74, 6) is -0.182. The molecule has 0 saturated carbocycles. The number of para-hydroxylation sites is 1. The Morgan fingerprint density at radius 2 is 1.87 bits per heavy atom.